The molecule has 0 aliphatic rings. The summed E-state index contributed by atoms with van der Waals surface area (Å²) in [6, 6.07) is 16.3. The lowest BCUT2D eigenvalue weighted by molar-refractivity contribution is -0.117. The van der Waals surface area contributed by atoms with Crippen LogP contribution in [0, 0.1) is 0 Å². The van der Waals surface area contributed by atoms with Gasteiger partial charge in [0, 0.05) is 5.69 Å². The van der Waals surface area contributed by atoms with E-state index in [1.54, 1.807) is 31.2 Å². The predicted octanol–water partition coefficient (Wildman–Crippen LogP) is 3.61. The molecule has 0 radical (unpaired) electrons. The lowest BCUT2D eigenvalue weighted by atomic mass is 10.0. The fourth-order valence-electron chi connectivity index (χ4n) is 2.08. The number of benzene rings is 2. The Morgan fingerprint density at radius 1 is 1.09 bits per heavy atom. The average Bonchev–Trinajstić information content (AvgIpc) is 2.55. The molecular weight excluding hydrogens is 278 g/mol. The van der Waals surface area contributed by atoms with Crippen molar-refractivity contribution in [3.8, 4) is 0 Å². The Bertz CT molecular complexity index is 652. The molecule has 4 nitrogen and oxygen atoms in total. The van der Waals surface area contributed by atoms with Crippen LogP contribution in [0.5, 0.6) is 0 Å². The Hall–Kier alpha value is -2.62. The number of carbonyl (C=O) groups is 2. The van der Waals surface area contributed by atoms with Crippen molar-refractivity contribution < 1.29 is 14.3 Å². The van der Waals surface area contributed by atoms with Crippen LogP contribution in [0.15, 0.2) is 54.6 Å². The summed E-state index contributed by atoms with van der Waals surface area (Å²) in [5.41, 5.74) is 1.95. The van der Waals surface area contributed by atoms with Crippen molar-refractivity contribution in [2.24, 2.45) is 0 Å². The number of nitrogens with one attached hydrogen (secondary N) is 1. The van der Waals surface area contributed by atoms with Gasteiger partial charge in [-0.3, -0.25) is 4.79 Å². The van der Waals surface area contributed by atoms with Crippen LogP contribution in [0.3, 0.4) is 0 Å². The first-order chi connectivity index (χ1) is 10.6. The van der Waals surface area contributed by atoms with Crippen LogP contribution in [0.1, 0.15) is 35.7 Å². The molecule has 4 heteroatoms. The van der Waals surface area contributed by atoms with Crippen LogP contribution in [0.4, 0.5) is 5.69 Å². The number of hydrogen-bond acceptors (Lipinski definition) is 3. The number of esters is 1. The van der Waals surface area contributed by atoms with E-state index in [2.05, 4.69) is 5.32 Å². The van der Waals surface area contributed by atoms with Gasteiger partial charge in [-0.15, -0.1) is 0 Å². The molecule has 0 heterocycles. The van der Waals surface area contributed by atoms with Crippen LogP contribution >= 0.6 is 0 Å². The minimum Gasteiger partial charge on any atom is -0.462 e. The summed E-state index contributed by atoms with van der Waals surface area (Å²) < 4.78 is 4.95. The van der Waals surface area contributed by atoms with E-state index < -0.39 is 5.97 Å². The number of ether oxygens (including phenoxy) is 1. The van der Waals surface area contributed by atoms with Gasteiger partial charge in [0.15, 0.2) is 0 Å². The highest BCUT2D eigenvalue weighted by molar-refractivity contribution is 5.97. The summed E-state index contributed by atoms with van der Waals surface area (Å²) in [4.78, 5) is 24.0. The number of amides is 1. The number of rotatable bonds is 5. The Labute approximate surface area is 130 Å². The molecule has 0 aliphatic carbocycles. The van der Waals surface area contributed by atoms with Crippen LogP contribution in [-0.2, 0) is 9.53 Å². The van der Waals surface area contributed by atoms with Gasteiger partial charge in [-0.25, -0.2) is 4.79 Å². The topological polar surface area (TPSA) is 55.4 Å². The lowest BCUT2D eigenvalue weighted by Crippen LogP contribution is -2.19. The van der Waals surface area contributed by atoms with Gasteiger partial charge < -0.3 is 10.1 Å². The van der Waals surface area contributed by atoms with E-state index in [0.717, 1.165) is 5.56 Å². The summed E-state index contributed by atoms with van der Waals surface area (Å²) in [6.45, 7) is 3.92. The molecule has 2 aromatic rings. The van der Waals surface area contributed by atoms with E-state index in [9.17, 15) is 9.59 Å². The third-order valence-electron chi connectivity index (χ3n) is 3.33. The molecule has 0 spiro atoms. The van der Waals surface area contributed by atoms with Gasteiger partial charge in [-0.2, -0.15) is 0 Å². The molecule has 0 bridgehead atoms. The van der Waals surface area contributed by atoms with Crippen molar-refractivity contribution in [1.29, 1.82) is 0 Å². The maximum Gasteiger partial charge on any atom is 0.338 e. The first-order valence-corrected chi connectivity index (χ1v) is 7.24. The zero-order valence-corrected chi connectivity index (χ0v) is 12.7. The van der Waals surface area contributed by atoms with Crippen molar-refractivity contribution in [3.05, 3.63) is 65.7 Å². The molecule has 2 aromatic carbocycles. The fourth-order valence-corrected chi connectivity index (χ4v) is 2.08. The predicted molar refractivity (Wildman–Crippen MR) is 85.9 cm³/mol. The van der Waals surface area contributed by atoms with Crippen LogP contribution in [-0.4, -0.2) is 18.5 Å². The van der Waals surface area contributed by atoms with Crippen LogP contribution < -0.4 is 5.32 Å². The monoisotopic (exact) mass is 297 g/mol. The zero-order valence-electron chi connectivity index (χ0n) is 12.7. The Balaban J connectivity index is 2.09. The summed E-state index contributed by atoms with van der Waals surface area (Å²) >= 11 is 0. The molecule has 0 aromatic heterocycles. The molecule has 1 N–H and O–H groups in total. The number of hydrogen-bond donors (Lipinski definition) is 1. The van der Waals surface area contributed by atoms with Gasteiger partial charge in [-0.1, -0.05) is 36.4 Å². The Kier molecular flexibility index (Phi) is 5.31. The van der Waals surface area contributed by atoms with Gasteiger partial charge >= 0.3 is 5.97 Å². The second kappa shape index (κ2) is 7.41. The standard InChI is InChI=1S/C18H19NO3/c1-3-22-18(21)15-10-7-11-16(12-15)19-17(20)13(2)14-8-5-4-6-9-14/h4-13H,3H2,1-2H3,(H,19,20). The molecule has 22 heavy (non-hydrogen) atoms. The van der Waals surface area contributed by atoms with Gasteiger partial charge in [0.25, 0.3) is 0 Å². The first-order valence-electron chi connectivity index (χ1n) is 7.24. The molecule has 114 valence electrons. The molecule has 2 rings (SSSR count). The molecule has 1 unspecified atom stereocenters. The molecule has 0 aliphatic heterocycles. The summed E-state index contributed by atoms with van der Waals surface area (Å²) in [5, 5.41) is 2.83. The Morgan fingerprint density at radius 3 is 2.50 bits per heavy atom. The van der Waals surface area contributed by atoms with E-state index >= 15 is 0 Å². The van der Waals surface area contributed by atoms with Crippen molar-refractivity contribution in [1.82, 2.24) is 0 Å². The van der Waals surface area contributed by atoms with Crippen molar-refractivity contribution in [2.45, 2.75) is 19.8 Å². The van der Waals surface area contributed by atoms with Crippen LogP contribution in [0.25, 0.3) is 0 Å². The summed E-state index contributed by atoms with van der Waals surface area (Å²) in [7, 11) is 0. The quantitative estimate of drug-likeness (QED) is 0.858. The van der Waals surface area contributed by atoms with Gasteiger partial charge in [-0.05, 0) is 37.6 Å². The third-order valence-corrected chi connectivity index (χ3v) is 3.33. The fraction of sp³-hybridized carbons (Fsp3) is 0.222. The first kappa shape index (κ1) is 15.8. The smallest absolute Gasteiger partial charge is 0.338 e. The highest BCUT2D eigenvalue weighted by Crippen LogP contribution is 2.18. The van der Waals surface area contributed by atoms with E-state index in [-0.39, 0.29) is 11.8 Å². The van der Waals surface area contributed by atoms with Crippen molar-refractivity contribution in [2.75, 3.05) is 11.9 Å². The molecule has 1 amide bonds. The van der Waals surface area contributed by atoms with E-state index in [0.29, 0.717) is 17.9 Å². The zero-order chi connectivity index (χ0) is 15.9. The molecule has 0 saturated heterocycles. The largest absolute Gasteiger partial charge is 0.462 e. The minimum absolute atomic E-state index is 0.118. The normalized spacial score (nSPS) is 11.5. The van der Waals surface area contributed by atoms with E-state index in [1.165, 1.54) is 0 Å². The molecule has 0 saturated carbocycles. The van der Waals surface area contributed by atoms with E-state index in [1.807, 2.05) is 37.3 Å². The maximum atomic E-state index is 12.3. The highest BCUT2D eigenvalue weighted by atomic mass is 16.5. The average molecular weight is 297 g/mol. The summed E-state index contributed by atoms with van der Waals surface area (Å²) in [5.74, 6) is -0.783. The van der Waals surface area contributed by atoms with E-state index in [4.69, 9.17) is 4.74 Å². The summed E-state index contributed by atoms with van der Waals surface area (Å²) in [6.07, 6.45) is 0. The Morgan fingerprint density at radius 2 is 1.82 bits per heavy atom. The number of carbonyl (C=O) groups excluding carboxylic acids is 2. The van der Waals surface area contributed by atoms with Gasteiger partial charge in [0.05, 0.1) is 18.1 Å². The maximum absolute atomic E-state index is 12.3. The van der Waals surface area contributed by atoms with Gasteiger partial charge in [0.2, 0.25) is 5.91 Å². The third kappa shape index (κ3) is 3.95. The molecular formula is C18H19NO3. The second-order valence-electron chi connectivity index (χ2n) is 4.92. The minimum atomic E-state index is -0.394. The SMILES string of the molecule is CCOC(=O)c1cccc(NC(=O)C(C)c2ccccc2)c1. The second-order valence-corrected chi connectivity index (χ2v) is 4.92. The van der Waals surface area contributed by atoms with Crippen molar-refractivity contribution in [3.63, 3.8) is 0 Å². The molecule has 1 atom stereocenters. The van der Waals surface area contributed by atoms with Crippen molar-refractivity contribution >= 4 is 17.6 Å². The number of anilines is 1. The van der Waals surface area contributed by atoms with Crippen LogP contribution in [0.2, 0.25) is 0 Å². The lowest BCUT2D eigenvalue weighted by Gasteiger charge is -2.13. The van der Waals surface area contributed by atoms with Gasteiger partial charge in [0.1, 0.15) is 0 Å². The molecule has 0 fully saturated rings. The highest BCUT2D eigenvalue weighted by Gasteiger charge is 2.15.